The number of hydrogen-bond acceptors (Lipinski definition) is 5. The lowest BCUT2D eigenvalue weighted by atomic mass is 9.82. The predicted molar refractivity (Wildman–Crippen MR) is 147 cm³/mol. The number of amides is 1. The molecule has 0 saturated carbocycles. The summed E-state index contributed by atoms with van der Waals surface area (Å²) in [6.45, 7) is 7.78. The smallest absolute Gasteiger partial charge is 0.243 e. The number of piperidine rings is 1. The first-order valence-electron chi connectivity index (χ1n) is 12.9. The van der Waals surface area contributed by atoms with Gasteiger partial charge in [0.1, 0.15) is 0 Å². The second-order valence-corrected chi connectivity index (χ2v) is 13.5. The maximum Gasteiger partial charge on any atom is 0.243 e. The molecular weight excluding hydrogens is 490 g/mol. The molecule has 2 aliphatic rings. The van der Waals surface area contributed by atoms with E-state index in [9.17, 15) is 13.2 Å². The van der Waals surface area contributed by atoms with Crippen LogP contribution in [0.3, 0.4) is 0 Å². The largest absolute Gasteiger partial charge is 0.319 e. The fraction of sp³-hybridized carbons (Fsp3) is 0.536. The zero-order valence-corrected chi connectivity index (χ0v) is 23.5. The molecule has 2 fully saturated rings. The highest BCUT2D eigenvalue weighted by Crippen LogP contribution is 2.36. The van der Waals surface area contributed by atoms with Crippen molar-refractivity contribution in [1.82, 2.24) is 14.5 Å². The summed E-state index contributed by atoms with van der Waals surface area (Å²) in [5.74, 6) is 1.03. The molecule has 2 heterocycles. The third kappa shape index (κ3) is 5.37. The van der Waals surface area contributed by atoms with Gasteiger partial charge in [-0.2, -0.15) is 16.1 Å². The highest BCUT2D eigenvalue weighted by Gasteiger charge is 2.52. The first-order valence-corrected chi connectivity index (χ1v) is 15.7. The molecule has 1 spiro atoms. The molecule has 2 saturated heterocycles. The van der Waals surface area contributed by atoms with Crippen molar-refractivity contribution in [3.8, 4) is 0 Å². The van der Waals surface area contributed by atoms with Crippen LogP contribution >= 0.6 is 11.8 Å². The number of sulfonamides is 1. The monoisotopic (exact) mass is 529 g/mol. The number of hydrogen-bond donors (Lipinski definition) is 1. The minimum absolute atomic E-state index is 0.00944. The van der Waals surface area contributed by atoms with Crippen molar-refractivity contribution in [2.24, 2.45) is 0 Å². The van der Waals surface area contributed by atoms with Gasteiger partial charge in [0.25, 0.3) is 0 Å². The van der Waals surface area contributed by atoms with Gasteiger partial charge < -0.3 is 4.90 Å². The van der Waals surface area contributed by atoms with Crippen molar-refractivity contribution in [1.29, 1.82) is 0 Å². The normalized spacial score (nSPS) is 20.8. The summed E-state index contributed by atoms with van der Waals surface area (Å²) in [6.07, 6.45) is 4.95. The van der Waals surface area contributed by atoms with E-state index in [1.807, 2.05) is 47.4 Å². The quantitative estimate of drug-likeness (QED) is 0.514. The molecule has 0 aromatic heterocycles. The van der Waals surface area contributed by atoms with Crippen molar-refractivity contribution < 1.29 is 13.2 Å². The SMILES string of the molecule is CCC(C)(C)c1ccc(S(=O)(=O)N2CCC3(CC2)NC(CCSC)C(=O)N3Cc2ccccc2)cc1. The van der Waals surface area contributed by atoms with Crippen LogP contribution in [-0.2, 0) is 26.8 Å². The van der Waals surface area contributed by atoms with Crippen LogP contribution in [0.25, 0.3) is 0 Å². The molecule has 0 radical (unpaired) electrons. The van der Waals surface area contributed by atoms with E-state index in [-0.39, 0.29) is 17.4 Å². The van der Waals surface area contributed by atoms with Gasteiger partial charge in [-0.1, -0.05) is 63.2 Å². The van der Waals surface area contributed by atoms with Gasteiger partial charge in [-0.05, 0) is 66.4 Å². The Morgan fingerprint density at radius 3 is 2.28 bits per heavy atom. The van der Waals surface area contributed by atoms with E-state index in [0.29, 0.717) is 37.4 Å². The molecule has 196 valence electrons. The number of rotatable bonds is 9. The lowest BCUT2D eigenvalue weighted by molar-refractivity contribution is -0.134. The van der Waals surface area contributed by atoms with Crippen LogP contribution in [0.15, 0.2) is 59.5 Å². The molecule has 1 N–H and O–H groups in total. The van der Waals surface area contributed by atoms with Gasteiger partial charge in [0.2, 0.25) is 15.9 Å². The van der Waals surface area contributed by atoms with Crippen LogP contribution in [0.4, 0.5) is 0 Å². The van der Waals surface area contributed by atoms with Gasteiger partial charge in [-0.15, -0.1) is 0 Å². The number of carbonyl (C=O) groups excluding carboxylic acids is 1. The highest BCUT2D eigenvalue weighted by molar-refractivity contribution is 7.98. The number of thioether (sulfide) groups is 1. The first-order chi connectivity index (χ1) is 17.1. The zero-order valence-electron chi connectivity index (χ0n) is 21.9. The summed E-state index contributed by atoms with van der Waals surface area (Å²) in [6, 6.07) is 17.2. The van der Waals surface area contributed by atoms with Crippen LogP contribution in [0.1, 0.15) is 57.6 Å². The maximum absolute atomic E-state index is 13.5. The Hall–Kier alpha value is -1.87. The number of nitrogens with zero attached hydrogens (tertiary/aromatic N) is 2. The van der Waals surface area contributed by atoms with Gasteiger partial charge in [-0.3, -0.25) is 10.1 Å². The second-order valence-electron chi connectivity index (χ2n) is 10.6. The minimum Gasteiger partial charge on any atom is -0.319 e. The van der Waals surface area contributed by atoms with E-state index in [0.717, 1.165) is 29.7 Å². The Morgan fingerprint density at radius 2 is 1.69 bits per heavy atom. The van der Waals surface area contributed by atoms with E-state index >= 15 is 0 Å². The molecule has 6 nitrogen and oxygen atoms in total. The fourth-order valence-corrected chi connectivity index (χ4v) is 7.14. The Kier molecular flexibility index (Phi) is 8.19. The van der Waals surface area contributed by atoms with E-state index < -0.39 is 15.7 Å². The summed E-state index contributed by atoms with van der Waals surface area (Å²) in [4.78, 5) is 15.8. The molecule has 0 bridgehead atoms. The summed E-state index contributed by atoms with van der Waals surface area (Å²) < 4.78 is 28.6. The van der Waals surface area contributed by atoms with Crippen molar-refractivity contribution in [3.63, 3.8) is 0 Å². The topological polar surface area (TPSA) is 69.7 Å². The highest BCUT2D eigenvalue weighted by atomic mass is 32.2. The van der Waals surface area contributed by atoms with Crippen LogP contribution in [0.5, 0.6) is 0 Å². The van der Waals surface area contributed by atoms with Crippen LogP contribution in [0.2, 0.25) is 0 Å². The molecule has 2 aromatic rings. The third-order valence-corrected chi connectivity index (χ3v) is 10.6. The standard InChI is InChI=1S/C28H39N3O3S2/c1-5-27(2,3)23-11-13-24(14-12-23)36(33,34)30-18-16-28(17-19-30)29-25(15-20-35-4)26(32)31(28)21-22-9-7-6-8-10-22/h6-14,25,29H,5,15-21H2,1-4H3. The van der Waals surface area contributed by atoms with E-state index in [1.165, 1.54) is 0 Å². The third-order valence-electron chi connectivity index (χ3n) is 8.02. The van der Waals surface area contributed by atoms with E-state index in [4.69, 9.17) is 0 Å². The number of nitrogens with one attached hydrogen (secondary N) is 1. The molecule has 1 atom stereocenters. The van der Waals surface area contributed by atoms with E-state index in [1.54, 1.807) is 28.2 Å². The summed E-state index contributed by atoms with van der Waals surface area (Å²) in [5, 5.41) is 3.65. The minimum atomic E-state index is -3.60. The molecule has 1 amide bonds. The molecule has 36 heavy (non-hydrogen) atoms. The van der Waals surface area contributed by atoms with Gasteiger partial charge >= 0.3 is 0 Å². The lowest BCUT2D eigenvalue weighted by Gasteiger charge is -2.44. The van der Waals surface area contributed by atoms with Gasteiger partial charge in [0, 0.05) is 19.6 Å². The van der Waals surface area contributed by atoms with Gasteiger partial charge in [0.05, 0.1) is 16.6 Å². The van der Waals surface area contributed by atoms with Crippen molar-refractivity contribution >= 4 is 27.7 Å². The maximum atomic E-state index is 13.5. The average Bonchev–Trinajstić information content (AvgIpc) is 3.13. The Bertz CT molecular complexity index is 1140. The summed E-state index contributed by atoms with van der Waals surface area (Å²) in [5.41, 5.74) is 1.72. The van der Waals surface area contributed by atoms with Gasteiger partial charge in [-0.25, -0.2) is 8.42 Å². The predicted octanol–water partition coefficient (Wildman–Crippen LogP) is 4.61. The molecule has 2 aliphatic heterocycles. The Labute approximate surface area is 220 Å². The van der Waals surface area contributed by atoms with Crippen LogP contribution < -0.4 is 5.32 Å². The molecule has 4 rings (SSSR count). The average molecular weight is 530 g/mol. The summed E-state index contributed by atoms with van der Waals surface area (Å²) >= 11 is 1.74. The summed E-state index contributed by atoms with van der Waals surface area (Å²) in [7, 11) is -3.60. The van der Waals surface area contributed by atoms with Crippen LogP contribution in [-0.4, -0.2) is 60.3 Å². The van der Waals surface area contributed by atoms with Crippen molar-refractivity contribution in [2.75, 3.05) is 25.1 Å². The Morgan fingerprint density at radius 1 is 1.06 bits per heavy atom. The van der Waals surface area contributed by atoms with Gasteiger partial charge in [0.15, 0.2) is 0 Å². The van der Waals surface area contributed by atoms with E-state index in [2.05, 4.69) is 32.3 Å². The van der Waals surface area contributed by atoms with Crippen molar-refractivity contribution in [2.45, 2.75) is 75.0 Å². The molecule has 2 aromatic carbocycles. The molecule has 1 unspecified atom stereocenters. The molecule has 0 aliphatic carbocycles. The second kappa shape index (κ2) is 10.9. The lowest BCUT2D eigenvalue weighted by Crippen LogP contribution is -2.59. The van der Waals surface area contributed by atoms with Crippen LogP contribution in [0, 0.1) is 0 Å². The number of benzene rings is 2. The number of carbonyl (C=O) groups is 1. The molecule has 8 heteroatoms. The Balaban J connectivity index is 1.52. The zero-order chi connectivity index (χ0) is 26.0. The first kappa shape index (κ1) is 27.2. The van der Waals surface area contributed by atoms with Crippen molar-refractivity contribution in [3.05, 3.63) is 65.7 Å². The fourth-order valence-electron chi connectivity index (χ4n) is 5.23. The molecular formula is C28H39N3O3S2.